The summed E-state index contributed by atoms with van der Waals surface area (Å²) in [5.41, 5.74) is 7.39. The minimum Gasteiger partial charge on any atom is -0.459 e. The molecule has 0 saturated carbocycles. The number of carbonyl (C=O) groups excluding carboxylic acids is 2. The molecule has 8 heteroatoms. The molecule has 0 unspecified atom stereocenters. The topological polar surface area (TPSA) is 97.4 Å². The van der Waals surface area contributed by atoms with Crippen LogP contribution in [0, 0.1) is 0 Å². The minimum absolute atomic E-state index is 0. The normalized spacial score (nSPS) is 11.3. The molecule has 2 rings (SSSR count). The zero-order valence-electron chi connectivity index (χ0n) is 13.9. The van der Waals surface area contributed by atoms with Crippen LogP contribution in [0.2, 0.25) is 0 Å². The van der Waals surface area contributed by atoms with Crippen LogP contribution in [-0.2, 0) is 11.3 Å². The van der Waals surface area contributed by atoms with Gasteiger partial charge in [0, 0.05) is 12.2 Å². The van der Waals surface area contributed by atoms with Gasteiger partial charge in [0.05, 0.1) is 12.3 Å². The van der Waals surface area contributed by atoms with Crippen molar-refractivity contribution < 1.29 is 14.0 Å². The van der Waals surface area contributed by atoms with Crippen LogP contribution in [0.25, 0.3) is 0 Å². The Morgan fingerprint density at radius 2 is 1.96 bits per heavy atom. The van der Waals surface area contributed by atoms with E-state index in [-0.39, 0.29) is 30.0 Å². The SMILES string of the molecule is CSCC[C@H](N)C(=O)NCc1ccc(NC(=O)c2ccco2)cc1.Cl. The molecule has 25 heavy (non-hydrogen) atoms. The number of carbonyl (C=O) groups is 2. The van der Waals surface area contributed by atoms with E-state index >= 15 is 0 Å². The van der Waals surface area contributed by atoms with Gasteiger partial charge in [-0.2, -0.15) is 11.8 Å². The molecule has 0 radical (unpaired) electrons. The Morgan fingerprint density at radius 3 is 2.56 bits per heavy atom. The summed E-state index contributed by atoms with van der Waals surface area (Å²) in [6, 6.07) is 10.00. The Balaban J connectivity index is 0.00000312. The lowest BCUT2D eigenvalue weighted by molar-refractivity contribution is -0.122. The highest BCUT2D eigenvalue weighted by Crippen LogP contribution is 2.12. The molecule has 2 amide bonds. The standard InChI is InChI=1S/C17H21N3O3S.ClH/c1-24-10-8-14(18)16(21)19-11-12-4-6-13(7-5-12)20-17(22)15-3-2-9-23-15;/h2-7,9,14H,8,10-11,18H2,1H3,(H,19,21)(H,20,22);1H/t14-;/m0./s1. The fourth-order valence-electron chi connectivity index (χ4n) is 2.00. The molecular weight excluding hydrogens is 362 g/mol. The number of hydrogen-bond donors (Lipinski definition) is 3. The number of furan rings is 1. The van der Waals surface area contributed by atoms with E-state index in [1.165, 1.54) is 6.26 Å². The van der Waals surface area contributed by atoms with E-state index in [0.717, 1.165) is 11.3 Å². The largest absolute Gasteiger partial charge is 0.459 e. The predicted molar refractivity (Wildman–Crippen MR) is 103 cm³/mol. The molecule has 0 spiro atoms. The molecular formula is C17H22ClN3O3S. The molecule has 1 aromatic heterocycles. The van der Waals surface area contributed by atoms with Crippen molar-refractivity contribution in [1.82, 2.24) is 5.32 Å². The van der Waals surface area contributed by atoms with Gasteiger partial charge in [0.2, 0.25) is 5.91 Å². The highest BCUT2D eigenvalue weighted by molar-refractivity contribution is 7.98. The summed E-state index contributed by atoms with van der Waals surface area (Å²) < 4.78 is 5.03. The van der Waals surface area contributed by atoms with Crippen molar-refractivity contribution in [3.8, 4) is 0 Å². The highest BCUT2D eigenvalue weighted by Gasteiger charge is 2.12. The van der Waals surface area contributed by atoms with Gasteiger partial charge in [-0.25, -0.2) is 0 Å². The van der Waals surface area contributed by atoms with Crippen LogP contribution >= 0.6 is 24.2 Å². The maximum absolute atomic E-state index is 11.9. The maximum Gasteiger partial charge on any atom is 0.291 e. The Kier molecular flexibility index (Phi) is 9.12. The molecule has 0 aliphatic rings. The van der Waals surface area contributed by atoms with Crippen LogP contribution in [0.1, 0.15) is 22.5 Å². The zero-order chi connectivity index (χ0) is 17.4. The molecule has 0 aliphatic carbocycles. The second-order valence-corrected chi connectivity index (χ2v) is 6.22. The first kappa shape index (κ1) is 21.1. The van der Waals surface area contributed by atoms with Crippen LogP contribution in [-0.4, -0.2) is 29.9 Å². The molecule has 0 saturated heterocycles. The number of halogens is 1. The van der Waals surface area contributed by atoms with E-state index in [2.05, 4.69) is 10.6 Å². The summed E-state index contributed by atoms with van der Waals surface area (Å²) in [7, 11) is 0. The van der Waals surface area contributed by atoms with Crippen LogP contribution in [0.15, 0.2) is 47.1 Å². The maximum atomic E-state index is 11.9. The molecule has 2 aromatic rings. The number of benzene rings is 1. The third-order valence-corrected chi connectivity index (χ3v) is 4.04. The van der Waals surface area contributed by atoms with Crippen LogP contribution in [0.5, 0.6) is 0 Å². The van der Waals surface area contributed by atoms with Gasteiger partial charge >= 0.3 is 0 Å². The van der Waals surface area contributed by atoms with Crippen molar-refractivity contribution in [1.29, 1.82) is 0 Å². The molecule has 0 fully saturated rings. The van der Waals surface area contributed by atoms with Crippen LogP contribution in [0.3, 0.4) is 0 Å². The predicted octanol–water partition coefficient (Wildman–Crippen LogP) is 2.65. The number of nitrogens with two attached hydrogens (primary N) is 1. The fraction of sp³-hybridized carbons (Fsp3) is 0.294. The number of nitrogens with one attached hydrogen (secondary N) is 2. The minimum atomic E-state index is -0.482. The number of anilines is 1. The molecule has 136 valence electrons. The third-order valence-electron chi connectivity index (χ3n) is 3.39. The van der Waals surface area contributed by atoms with Gasteiger partial charge in [-0.3, -0.25) is 9.59 Å². The van der Waals surface area contributed by atoms with Crippen LogP contribution in [0.4, 0.5) is 5.69 Å². The quantitative estimate of drug-likeness (QED) is 0.651. The number of thioether (sulfide) groups is 1. The summed E-state index contributed by atoms with van der Waals surface area (Å²) >= 11 is 1.67. The summed E-state index contributed by atoms with van der Waals surface area (Å²) in [6.07, 6.45) is 4.09. The van der Waals surface area contributed by atoms with Gasteiger partial charge in [-0.15, -0.1) is 12.4 Å². The summed E-state index contributed by atoms with van der Waals surface area (Å²) in [4.78, 5) is 23.7. The van der Waals surface area contributed by atoms with Crippen molar-refractivity contribution in [3.05, 3.63) is 54.0 Å². The molecule has 0 aliphatic heterocycles. The van der Waals surface area contributed by atoms with Gasteiger partial charge < -0.3 is 20.8 Å². The second-order valence-electron chi connectivity index (χ2n) is 5.23. The Hall–Kier alpha value is -1.96. The first-order chi connectivity index (χ1) is 11.6. The van der Waals surface area contributed by atoms with Crippen LogP contribution < -0.4 is 16.4 Å². The Labute approximate surface area is 157 Å². The lowest BCUT2D eigenvalue weighted by atomic mass is 10.2. The highest BCUT2D eigenvalue weighted by atomic mass is 35.5. The van der Waals surface area contributed by atoms with E-state index in [1.54, 1.807) is 36.0 Å². The second kappa shape index (κ2) is 10.8. The first-order valence-electron chi connectivity index (χ1n) is 7.56. The van der Waals surface area contributed by atoms with E-state index < -0.39 is 6.04 Å². The molecule has 6 nitrogen and oxygen atoms in total. The van der Waals surface area contributed by atoms with Crippen molar-refractivity contribution in [2.45, 2.75) is 19.0 Å². The van der Waals surface area contributed by atoms with Gasteiger partial charge in [-0.05, 0) is 48.3 Å². The lowest BCUT2D eigenvalue weighted by Gasteiger charge is -2.12. The first-order valence-corrected chi connectivity index (χ1v) is 8.95. The molecule has 1 atom stereocenters. The smallest absolute Gasteiger partial charge is 0.291 e. The van der Waals surface area contributed by atoms with E-state index in [4.69, 9.17) is 10.2 Å². The van der Waals surface area contributed by atoms with Gasteiger partial charge in [0.1, 0.15) is 0 Å². The van der Waals surface area contributed by atoms with Gasteiger partial charge in [0.25, 0.3) is 5.91 Å². The third kappa shape index (κ3) is 6.81. The average Bonchev–Trinajstić information content (AvgIpc) is 3.13. The van der Waals surface area contributed by atoms with Crippen molar-refractivity contribution >= 4 is 41.7 Å². The molecule has 1 heterocycles. The summed E-state index contributed by atoms with van der Waals surface area (Å²) in [6.45, 7) is 0.401. The van der Waals surface area contributed by atoms with E-state index in [0.29, 0.717) is 18.7 Å². The summed E-state index contributed by atoms with van der Waals surface area (Å²) in [5, 5.41) is 5.55. The molecule has 1 aromatic carbocycles. The summed E-state index contributed by atoms with van der Waals surface area (Å²) in [5.74, 6) is 0.657. The molecule has 4 N–H and O–H groups in total. The average molecular weight is 384 g/mol. The monoisotopic (exact) mass is 383 g/mol. The number of hydrogen-bond acceptors (Lipinski definition) is 5. The van der Waals surface area contributed by atoms with Crippen molar-refractivity contribution in [2.24, 2.45) is 5.73 Å². The number of rotatable bonds is 8. The fourth-order valence-corrected chi connectivity index (χ4v) is 2.49. The van der Waals surface area contributed by atoms with E-state index in [9.17, 15) is 9.59 Å². The van der Waals surface area contributed by atoms with Gasteiger partial charge in [-0.1, -0.05) is 12.1 Å². The van der Waals surface area contributed by atoms with Crippen molar-refractivity contribution in [2.75, 3.05) is 17.3 Å². The van der Waals surface area contributed by atoms with Crippen molar-refractivity contribution in [3.63, 3.8) is 0 Å². The van der Waals surface area contributed by atoms with Gasteiger partial charge in [0.15, 0.2) is 5.76 Å². The number of amides is 2. The zero-order valence-corrected chi connectivity index (χ0v) is 15.5. The Bertz CT molecular complexity index is 662. The Morgan fingerprint density at radius 1 is 1.24 bits per heavy atom. The lowest BCUT2D eigenvalue weighted by Crippen LogP contribution is -2.40. The molecule has 0 bridgehead atoms. The van der Waals surface area contributed by atoms with E-state index in [1.807, 2.05) is 18.4 Å².